The second-order valence-electron chi connectivity index (χ2n) is 6.22. The van der Waals surface area contributed by atoms with Gasteiger partial charge in [0.1, 0.15) is 0 Å². The van der Waals surface area contributed by atoms with Gasteiger partial charge in [0, 0.05) is 27.7 Å². The molecule has 142 valence electrons. The van der Waals surface area contributed by atoms with Gasteiger partial charge < -0.3 is 10.6 Å². The predicted molar refractivity (Wildman–Crippen MR) is 116 cm³/mol. The molecule has 2 aromatic rings. The summed E-state index contributed by atoms with van der Waals surface area (Å²) in [5.41, 5.74) is 7.86. The van der Waals surface area contributed by atoms with E-state index in [9.17, 15) is 8.42 Å². The van der Waals surface area contributed by atoms with Crippen molar-refractivity contribution in [3.63, 3.8) is 0 Å². The number of anilines is 2. The third-order valence-electron chi connectivity index (χ3n) is 4.13. The van der Waals surface area contributed by atoms with Gasteiger partial charge in [0.25, 0.3) is 0 Å². The van der Waals surface area contributed by atoms with Crippen LogP contribution in [0.1, 0.15) is 32.3 Å². The number of aryl methyl sites for hydroxylation is 1. The largest absolute Gasteiger partial charge is 0.398 e. The van der Waals surface area contributed by atoms with Gasteiger partial charge in [-0.3, -0.25) is 0 Å². The lowest BCUT2D eigenvalue weighted by Crippen LogP contribution is -2.27. The van der Waals surface area contributed by atoms with Crippen molar-refractivity contribution in [3.05, 3.63) is 44.8 Å². The second-order valence-corrected chi connectivity index (χ2v) is 9.78. The lowest BCUT2D eigenvalue weighted by molar-refractivity contribution is 0.594. The number of halogens is 2. The van der Waals surface area contributed by atoms with E-state index < -0.39 is 9.84 Å². The van der Waals surface area contributed by atoms with Crippen molar-refractivity contribution in [1.29, 1.82) is 0 Å². The maximum absolute atomic E-state index is 13.6. The van der Waals surface area contributed by atoms with E-state index in [4.69, 9.17) is 5.73 Å². The Morgan fingerprint density at radius 3 is 2.23 bits per heavy atom. The molecule has 0 unspecified atom stereocenters. The summed E-state index contributed by atoms with van der Waals surface area (Å²) >= 11 is 6.71. The SMILES string of the molecule is CCCN(CCC)c1cccc(C)c1S(=O)(=O)c1cc(Br)c(N)cc1Br. The molecule has 2 N–H and O–H groups in total. The number of nitrogen functional groups attached to an aromatic ring is 1. The van der Waals surface area contributed by atoms with E-state index in [1.165, 1.54) is 0 Å². The van der Waals surface area contributed by atoms with Crippen LogP contribution in [0.15, 0.2) is 49.1 Å². The van der Waals surface area contributed by atoms with Crippen LogP contribution in [0.3, 0.4) is 0 Å². The molecule has 0 bridgehead atoms. The average Bonchev–Trinajstić information content (AvgIpc) is 2.57. The van der Waals surface area contributed by atoms with Gasteiger partial charge in [-0.2, -0.15) is 0 Å². The highest BCUT2D eigenvalue weighted by Gasteiger charge is 2.28. The fourth-order valence-electron chi connectivity index (χ4n) is 2.99. The smallest absolute Gasteiger partial charge is 0.210 e. The van der Waals surface area contributed by atoms with Crippen LogP contribution < -0.4 is 10.6 Å². The molecule has 0 saturated heterocycles. The van der Waals surface area contributed by atoms with E-state index >= 15 is 0 Å². The van der Waals surface area contributed by atoms with Crippen molar-refractivity contribution in [3.8, 4) is 0 Å². The molecule has 0 heterocycles. The Bertz CT molecular complexity index is 893. The Kier molecular flexibility index (Phi) is 7.16. The van der Waals surface area contributed by atoms with E-state index in [1.807, 2.05) is 25.1 Å². The van der Waals surface area contributed by atoms with Crippen molar-refractivity contribution in [2.45, 2.75) is 43.4 Å². The topological polar surface area (TPSA) is 63.4 Å². The summed E-state index contributed by atoms with van der Waals surface area (Å²) in [5, 5.41) is 0. The highest BCUT2D eigenvalue weighted by molar-refractivity contribution is 9.11. The monoisotopic (exact) mass is 502 g/mol. The van der Waals surface area contributed by atoms with Gasteiger partial charge in [0.15, 0.2) is 0 Å². The highest BCUT2D eigenvalue weighted by atomic mass is 79.9. The zero-order chi connectivity index (χ0) is 19.5. The second kappa shape index (κ2) is 8.76. The normalized spacial score (nSPS) is 11.6. The van der Waals surface area contributed by atoms with Gasteiger partial charge in [-0.15, -0.1) is 0 Å². The predicted octanol–water partition coefficient (Wildman–Crippen LogP) is 5.56. The molecule has 0 radical (unpaired) electrons. The molecule has 2 rings (SSSR count). The molecule has 0 amide bonds. The molecule has 4 nitrogen and oxygen atoms in total. The molecule has 0 aliphatic rings. The Morgan fingerprint density at radius 2 is 1.65 bits per heavy atom. The summed E-state index contributed by atoms with van der Waals surface area (Å²) in [4.78, 5) is 2.72. The van der Waals surface area contributed by atoms with Gasteiger partial charge in [0.2, 0.25) is 9.84 Å². The molecule has 0 atom stereocenters. The molecule has 26 heavy (non-hydrogen) atoms. The summed E-state index contributed by atoms with van der Waals surface area (Å²) in [6, 6.07) is 8.83. The van der Waals surface area contributed by atoms with E-state index in [0.29, 0.717) is 19.5 Å². The standard InChI is InChI=1S/C19H24Br2N2O2S/c1-4-9-23(10-5-2)17-8-6-7-13(3)19(17)26(24,25)18-12-14(20)16(22)11-15(18)21/h6-8,11-12H,4-5,9-10,22H2,1-3H3. The number of hydrogen-bond donors (Lipinski definition) is 1. The van der Waals surface area contributed by atoms with Crippen LogP contribution >= 0.6 is 31.9 Å². The summed E-state index contributed by atoms with van der Waals surface area (Å²) in [6.45, 7) is 7.66. The third-order valence-corrected chi connectivity index (χ3v) is 7.72. The Hall–Kier alpha value is -1.05. The van der Waals surface area contributed by atoms with E-state index in [1.54, 1.807) is 12.1 Å². The number of sulfone groups is 1. The number of hydrogen-bond acceptors (Lipinski definition) is 4. The van der Waals surface area contributed by atoms with Crippen molar-refractivity contribution < 1.29 is 8.42 Å². The first-order chi connectivity index (χ1) is 12.2. The summed E-state index contributed by atoms with van der Waals surface area (Å²) in [6.07, 6.45) is 1.90. The molecule has 2 aromatic carbocycles. The van der Waals surface area contributed by atoms with Crippen molar-refractivity contribution >= 4 is 53.1 Å². The maximum atomic E-state index is 13.6. The number of nitrogens with two attached hydrogens (primary N) is 1. The summed E-state index contributed by atoms with van der Waals surface area (Å²) in [7, 11) is -3.73. The molecule has 0 aliphatic carbocycles. The average molecular weight is 504 g/mol. The fraction of sp³-hybridized carbons (Fsp3) is 0.368. The summed E-state index contributed by atoms with van der Waals surface area (Å²) in [5.74, 6) is 0. The molecule has 0 aliphatic heterocycles. The maximum Gasteiger partial charge on any atom is 0.210 e. The van der Waals surface area contributed by atoms with Gasteiger partial charge in [-0.05, 0) is 75.4 Å². The minimum atomic E-state index is -3.73. The van der Waals surface area contributed by atoms with Crippen molar-refractivity contribution in [1.82, 2.24) is 0 Å². The zero-order valence-electron chi connectivity index (χ0n) is 15.2. The van der Waals surface area contributed by atoms with Crippen LogP contribution in [0, 0.1) is 6.92 Å². The minimum Gasteiger partial charge on any atom is -0.398 e. The van der Waals surface area contributed by atoms with Crippen LogP contribution in [0.4, 0.5) is 11.4 Å². The van der Waals surface area contributed by atoms with Crippen molar-refractivity contribution in [2.75, 3.05) is 23.7 Å². The van der Waals surface area contributed by atoms with E-state index in [0.717, 1.165) is 37.2 Å². The lowest BCUT2D eigenvalue weighted by atomic mass is 10.2. The molecule has 7 heteroatoms. The molecule has 0 saturated carbocycles. The van der Waals surface area contributed by atoms with Crippen LogP contribution in [0.2, 0.25) is 0 Å². The quantitative estimate of drug-likeness (QED) is 0.502. The van der Waals surface area contributed by atoms with Gasteiger partial charge in [-0.1, -0.05) is 26.0 Å². The fourth-order valence-corrected chi connectivity index (χ4v) is 6.26. The Morgan fingerprint density at radius 1 is 1.04 bits per heavy atom. The van der Waals surface area contributed by atoms with Crippen molar-refractivity contribution in [2.24, 2.45) is 0 Å². The molecular formula is C19H24Br2N2O2S. The first-order valence-corrected chi connectivity index (χ1v) is 11.6. The first-order valence-electron chi connectivity index (χ1n) is 8.58. The van der Waals surface area contributed by atoms with Gasteiger partial charge >= 0.3 is 0 Å². The third kappa shape index (κ3) is 4.26. The van der Waals surface area contributed by atoms with Crippen LogP contribution in [-0.2, 0) is 9.84 Å². The molecule has 0 spiro atoms. The summed E-state index contributed by atoms with van der Waals surface area (Å²) < 4.78 is 28.1. The van der Waals surface area contributed by atoms with E-state index in [-0.39, 0.29) is 4.90 Å². The Labute approximate surface area is 173 Å². The highest BCUT2D eigenvalue weighted by Crippen LogP contribution is 2.38. The number of rotatable bonds is 7. The molecule has 0 fully saturated rings. The Balaban J connectivity index is 2.73. The molecular weight excluding hydrogens is 480 g/mol. The van der Waals surface area contributed by atoms with Crippen LogP contribution in [-0.4, -0.2) is 21.5 Å². The number of nitrogens with zero attached hydrogens (tertiary/aromatic N) is 1. The van der Waals surface area contributed by atoms with Crippen LogP contribution in [0.25, 0.3) is 0 Å². The minimum absolute atomic E-state index is 0.210. The van der Waals surface area contributed by atoms with Gasteiger partial charge in [-0.25, -0.2) is 8.42 Å². The zero-order valence-corrected chi connectivity index (χ0v) is 19.2. The first kappa shape index (κ1) is 21.3. The molecule has 0 aromatic heterocycles. The number of benzene rings is 2. The van der Waals surface area contributed by atoms with Gasteiger partial charge in [0.05, 0.1) is 15.5 Å². The lowest BCUT2D eigenvalue weighted by Gasteiger charge is -2.27. The van der Waals surface area contributed by atoms with Crippen LogP contribution in [0.5, 0.6) is 0 Å². The van der Waals surface area contributed by atoms with E-state index in [2.05, 4.69) is 50.6 Å².